The summed E-state index contributed by atoms with van der Waals surface area (Å²) in [4.78, 5) is 0. The third kappa shape index (κ3) is 3.27. The molecule has 1 unspecified atom stereocenters. The SMILES string of the molecule is CCc1nn(Cc2ccc(F)c(Cl)c2)c(CC)c1C(C)O. The van der Waals surface area contributed by atoms with Gasteiger partial charge in [-0.3, -0.25) is 4.68 Å². The van der Waals surface area contributed by atoms with Crippen LogP contribution in [0.5, 0.6) is 0 Å². The Morgan fingerprint density at radius 3 is 2.57 bits per heavy atom. The summed E-state index contributed by atoms with van der Waals surface area (Å²) in [5, 5.41) is 14.7. The van der Waals surface area contributed by atoms with Crippen LogP contribution in [0.3, 0.4) is 0 Å². The van der Waals surface area contributed by atoms with Crippen molar-refractivity contribution in [1.29, 1.82) is 0 Å². The summed E-state index contributed by atoms with van der Waals surface area (Å²) in [5.41, 5.74) is 3.73. The van der Waals surface area contributed by atoms with Crippen LogP contribution in [0.15, 0.2) is 18.2 Å². The van der Waals surface area contributed by atoms with Crippen molar-refractivity contribution in [3.8, 4) is 0 Å². The van der Waals surface area contributed by atoms with Crippen LogP contribution in [0, 0.1) is 5.82 Å². The Morgan fingerprint density at radius 2 is 2.05 bits per heavy atom. The van der Waals surface area contributed by atoms with Crippen molar-refractivity contribution in [3.05, 3.63) is 51.6 Å². The maximum Gasteiger partial charge on any atom is 0.141 e. The molecule has 2 rings (SSSR count). The van der Waals surface area contributed by atoms with Gasteiger partial charge in [0.15, 0.2) is 0 Å². The maximum atomic E-state index is 13.2. The summed E-state index contributed by atoms with van der Waals surface area (Å²) in [5.74, 6) is -0.421. The quantitative estimate of drug-likeness (QED) is 0.909. The lowest BCUT2D eigenvalue weighted by Crippen LogP contribution is -2.07. The van der Waals surface area contributed by atoms with E-state index in [1.54, 1.807) is 19.1 Å². The lowest BCUT2D eigenvalue weighted by atomic mass is 10.0. The van der Waals surface area contributed by atoms with Gasteiger partial charge < -0.3 is 5.11 Å². The van der Waals surface area contributed by atoms with Crippen molar-refractivity contribution in [2.75, 3.05) is 0 Å². The van der Waals surface area contributed by atoms with Gasteiger partial charge >= 0.3 is 0 Å². The fourth-order valence-corrected chi connectivity index (χ4v) is 2.83. The average molecular weight is 311 g/mol. The maximum absolute atomic E-state index is 13.2. The minimum atomic E-state index is -0.541. The Hall–Kier alpha value is -1.39. The highest BCUT2D eigenvalue weighted by Crippen LogP contribution is 2.25. The van der Waals surface area contributed by atoms with Crippen molar-refractivity contribution < 1.29 is 9.50 Å². The molecule has 0 amide bonds. The standard InChI is InChI=1S/C16H20ClFN2O/c1-4-14-16(10(3)21)15(5-2)20(19-14)9-11-6-7-13(18)12(17)8-11/h6-8,10,21H,4-5,9H2,1-3H3. The van der Waals surface area contributed by atoms with Gasteiger partial charge in [0.05, 0.1) is 23.4 Å². The summed E-state index contributed by atoms with van der Waals surface area (Å²) in [7, 11) is 0. The molecule has 5 heteroatoms. The van der Waals surface area contributed by atoms with Crippen molar-refractivity contribution in [3.63, 3.8) is 0 Å². The fourth-order valence-electron chi connectivity index (χ4n) is 2.62. The topological polar surface area (TPSA) is 38.0 Å². The van der Waals surface area contributed by atoms with Gasteiger partial charge in [-0.25, -0.2) is 4.39 Å². The zero-order valence-electron chi connectivity index (χ0n) is 12.5. The Bertz CT molecular complexity index is 637. The molecule has 1 aromatic carbocycles. The summed E-state index contributed by atoms with van der Waals surface area (Å²) in [6.07, 6.45) is 1.01. The molecule has 0 spiro atoms. The molecule has 0 radical (unpaired) electrons. The predicted molar refractivity (Wildman–Crippen MR) is 82.1 cm³/mol. The first-order valence-electron chi connectivity index (χ1n) is 7.18. The molecule has 1 heterocycles. The van der Waals surface area contributed by atoms with Crippen molar-refractivity contribution in [2.45, 2.75) is 46.3 Å². The van der Waals surface area contributed by atoms with Crippen molar-refractivity contribution in [1.82, 2.24) is 9.78 Å². The van der Waals surface area contributed by atoms with Crippen LogP contribution in [0.1, 0.15) is 49.4 Å². The second kappa shape index (κ2) is 6.58. The minimum absolute atomic E-state index is 0.115. The number of nitrogens with zero attached hydrogens (tertiary/aromatic N) is 2. The highest BCUT2D eigenvalue weighted by molar-refractivity contribution is 6.30. The second-order valence-corrected chi connectivity index (χ2v) is 5.50. The van der Waals surface area contributed by atoms with Crippen LogP contribution in [0.25, 0.3) is 0 Å². The molecular formula is C16H20ClFN2O. The number of hydrogen-bond acceptors (Lipinski definition) is 2. The summed E-state index contributed by atoms with van der Waals surface area (Å²) in [6.45, 7) is 6.33. The lowest BCUT2D eigenvalue weighted by molar-refractivity contribution is 0.197. The van der Waals surface area contributed by atoms with Gasteiger partial charge in [-0.2, -0.15) is 5.10 Å². The number of aliphatic hydroxyl groups is 1. The molecular weight excluding hydrogens is 291 g/mol. The predicted octanol–water partition coefficient (Wildman–Crippen LogP) is 3.90. The van der Waals surface area contributed by atoms with E-state index in [4.69, 9.17) is 11.6 Å². The molecule has 0 aliphatic carbocycles. The molecule has 114 valence electrons. The Kier molecular flexibility index (Phi) is 5.01. The minimum Gasteiger partial charge on any atom is -0.389 e. The first-order valence-corrected chi connectivity index (χ1v) is 7.56. The Morgan fingerprint density at radius 1 is 1.33 bits per heavy atom. The summed E-state index contributed by atoms with van der Waals surface area (Å²) in [6, 6.07) is 4.69. The van der Waals surface area contributed by atoms with E-state index in [9.17, 15) is 9.50 Å². The largest absolute Gasteiger partial charge is 0.389 e. The first kappa shape index (κ1) is 16.0. The van der Waals surface area contributed by atoms with Crippen LogP contribution < -0.4 is 0 Å². The Balaban J connectivity index is 2.41. The van der Waals surface area contributed by atoms with Gasteiger partial charge in [-0.15, -0.1) is 0 Å². The van der Waals surface area contributed by atoms with E-state index in [-0.39, 0.29) is 5.02 Å². The number of aromatic nitrogens is 2. The molecule has 0 bridgehead atoms. The van der Waals surface area contributed by atoms with Crippen LogP contribution in [0.4, 0.5) is 4.39 Å². The molecule has 3 nitrogen and oxygen atoms in total. The van der Waals surface area contributed by atoms with Gasteiger partial charge in [-0.05, 0) is 37.5 Å². The normalized spacial score (nSPS) is 12.7. The zero-order chi connectivity index (χ0) is 15.6. The molecule has 21 heavy (non-hydrogen) atoms. The van der Waals surface area contributed by atoms with E-state index in [2.05, 4.69) is 5.10 Å². The molecule has 0 fully saturated rings. The molecule has 0 aliphatic heterocycles. The number of aryl methyl sites for hydroxylation is 1. The van der Waals surface area contributed by atoms with Gasteiger partial charge in [0.1, 0.15) is 5.82 Å². The number of halogens is 2. The third-order valence-corrected chi connectivity index (χ3v) is 3.87. The monoisotopic (exact) mass is 310 g/mol. The number of aliphatic hydroxyl groups excluding tert-OH is 1. The van der Waals surface area contributed by atoms with Gasteiger partial charge in [0.25, 0.3) is 0 Å². The van der Waals surface area contributed by atoms with Crippen LogP contribution in [-0.2, 0) is 19.4 Å². The first-order chi connectivity index (χ1) is 9.97. The van der Waals surface area contributed by atoms with Gasteiger partial charge in [0.2, 0.25) is 0 Å². The molecule has 0 aliphatic rings. The zero-order valence-corrected chi connectivity index (χ0v) is 13.3. The van der Waals surface area contributed by atoms with E-state index in [0.29, 0.717) is 6.54 Å². The van der Waals surface area contributed by atoms with Crippen molar-refractivity contribution >= 4 is 11.6 Å². The van der Waals surface area contributed by atoms with Gasteiger partial charge in [0, 0.05) is 11.3 Å². The number of benzene rings is 1. The summed E-state index contributed by atoms with van der Waals surface area (Å²) >= 11 is 5.82. The molecule has 1 atom stereocenters. The molecule has 0 saturated heterocycles. The number of rotatable bonds is 5. The van der Waals surface area contributed by atoms with E-state index >= 15 is 0 Å². The van der Waals surface area contributed by atoms with Crippen LogP contribution in [0.2, 0.25) is 5.02 Å². The second-order valence-electron chi connectivity index (χ2n) is 5.10. The highest BCUT2D eigenvalue weighted by Gasteiger charge is 2.19. The lowest BCUT2D eigenvalue weighted by Gasteiger charge is -2.10. The molecule has 2 aromatic rings. The van der Waals surface area contributed by atoms with Crippen LogP contribution in [-0.4, -0.2) is 14.9 Å². The van der Waals surface area contributed by atoms with E-state index in [0.717, 1.165) is 35.4 Å². The molecule has 0 saturated carbocycles. The molecule has 1 N–H and O–H groups in total. The fraction of sp³-hybridized carbons (Fsp3) is 0.438. The Labute approximate surface area is 129 Å². The smallest absolute Gasteiger partial charge is 0.141 e. The number of hydrogen-bond donors (Lipinski definition) is 1. The van der Waals surface area contributed by atoms with Gasteiger partial charge in [-0.1, -0.05) is 31.5 Å². The van der Waals surface area contributed by atoms with E-state index in [1.807, 2.05) is 18.5 Å². The van der Waals surface area contributed by atoms with Crippen LogP contribution >= 0.6 is 11.6 Å². The highest BCUT2D eigenvalue weighted by atomic mass is 35.5. The van der Waals surface area contributed by atoms with E-state index < -0.39 is 11.9 Å². The van der Waals surface area contributed by atoms with E-state index in [1.165, 1.54) is 6.07 Å². The average Bonchev–Trinajstić information content (AvgIpc) is 2.80. The van der Waals surface area contributed by atoms with Crippen molar-refractivity contribution in [2.24, 2.45) is 0 Å². The summed E-state index contributed by atoms with van der Waals surface area (Å²) < 4.78 is 15.1. The molecule has 1 aromatic heterocycles. The third-order valence-electron chi connectivity index (χ3n) is 3.58.